The van der Waals surface area contributed by atoms with Crippen LogP contribution in [0.15, 0.2) is 36.7 Å². The molecule has 1 fully saturated rings. The Hall–Kier alpha value is -2.63. The van der Waals surface area contributed by atoms with Crippen molar-refractivity contribution in [1.82, 2.24) is 14.9 Å². The number of carbonyl (C=O) groups excluding carboxylic acids is 1. The molecule has 0 unspecified atom stereocenters. The molecule has 0 spiro atoms. The average molecular weight is 326 g/mol. The van der Waals surface area contributed by atoms with Crippen LogP contribution in [0.4, 0.5) is 5.82 Å². The molecule has 1 aliphatic heterocycles. The smallest absolute Gasteiger partial charge is 0.242 e. The van der Waals surface area contributed by atoms with E-state index in [-0.39, 0.29) is 5.91 Å². The molecule has 126 valence electrons. The van der Waals surface area contributed by atoms with Gasteiger partial charge in [-0.25, -0.2) is 9.97 Å². The lowest BCUT2D eigenvalue weighted by Crippen LogP contribution is -2.50. The van der Waals surface area contributed by atoms with E-state index in [0.29, 0.717) is 19.6 Å². The molecule has 6 nitrogen and oxygen atoms in total. The largest absolute Gasteiger partial charge is 0.497 e. The summed E-state index contributed by atoms with van der Waals surface area (Å²) in [6, 6.07) is 9.80. The molecule has 0 N–H and O–H groups in total. The fourth-order valence-corrected chi connectivity index (χ4v) is 2.81. The van der Waals surface area contributed by atoms with Gasteiger partial charge in [0.05, 0.1) is 13.7 Å². The van der Waals surface area contributed by atoms with E-state index in [0.717, 1.165) is 35.8 Å². The summed E-state index contributed by atoms with van der Waals surface area (Å²) in [5.74, 6) is 1.75. The lowest BCUT2D eigenvalue weighted by molar-refractivity contribution is -0.131. The lowest BCUT2D eigenvalue weighted by Gasteiger charge is -2.35. The highest BCUT2D eigenvalue weighted by Gasteiger charge is 2.25. The fraction of sp³-hybridized carbons (Fsp3) is 0.389. The summed E-state index contributed by atoms with van der Waals surface area (Å²) in [6.45, 7) is 4.47. The Bertz CT molecular complexity index is 720. The van der Waals surface area contributed by atoms with Gasteiger partial charge in [-0.1, -0.05) is 19.1 Å². The topological polar surface area (TPSA) is 58.6 Å². The molecule has 1 amide bonds. The van der Waals surface area contributed by atoms with Crippen molar-refractivity contribution >= 4 is 11.7 Å². The third kappa shape index (κ3) is 3.64. The number of aryl methyl sites for hydroxylation is 1. The number of piperazine rings is 1. The van der Waals surface area contributed by atoms with Crippen LogP contribution in [0.3, 0.4) is 0 Å². The highest BCUT2D eigenvalue weighted by Crippen LogP contribution is 2.18. The summed E-state index contributed by atoms with van der Waals surface area (Å²) < 4.78 is 5.24. The minimum Gasteiger partial charge on any atom is -0.497 e. The highest BCUT2D eigenvalue weighted by atomic mass is 16.5. The van der Waals surface area contributed by atoms with E-state index in [9.17, 15) is 4.79 Å². The van der Waals surface area contributed by atoms with Crippen molar-refractivity contribution in [2.75, 3.05) is 31.6 Å². The summed E-state index contributed by atoms with van der Waals surface area (Å²) in [4.78, 5) is 24.9. The molecule has 0 atom stereocenters. The Morgan fingerprint density at radius 2 is 2.08 bits per heavy atom. The van der Waals surface area contributed by atoms with E-state index in [1.807, 2.05) is 40.1 Å². The normalized spacial score (nSPS) is 14.8. The number of amides is 1. The average Bonchev–Trinajstić information content (AvgIpc) is 2.63. The molecule has 0 bridgehead atoms. The Labute approximate surface area is 142 Å². The van der Waals surface area contributed by atoms with E-state index in [4.69, 9.17) is 4.74 Å². The summed E-state index contributed by atoms with van der Waals surface area (Å²) in [5, 5.41) is 0. The number of carbonyl (C=O) groups is 1. The van der Waals surface area contributed by atoms with E-state index in [1.165, 1.54) is 0 Å². The first-order valence-corrected chi connectivity index (χ1v) is 8.16. The molecule has 1 aromatic heterocycles. The summed E-state index contributed by atoms with van der Waals surface area (Å²) in [7, 11) is 1.65. The second-order valence-electron chi connectivity index (χ2n) is 5.81. The zero-order valence-corrected chi connectivity index (χ0v) is 14.1. The molecular formula is C18H22N4O2. The summed E-state index contributed by atoms with van der Waals surface area (Å²) in [5.41, 5.74) is 2.07. The van der Waals surface area contributed by atoms with Crippen molar-refractivity contribution in [3.8, 4) is 5.75 Å². The van der Waals surface area contributed by atoms with Crippen LogP contribution in [0.5, 0.6) is 5.75 Å². The third-order valence-electron chi connectivity index (χ3n) is 4.22. The number of benzene rings is 1. The molecule has 0 radical (unpaired) electrons. The van der Waals surface area contributed by atoms with Crippen LogP contribution in [0.2, 0.25) is 0 Å². The molecule has 0 saturated carbocycles. The van der Waals surface area contributed by atoms with Gasteiger partial charge in [-0.2, -0.15) is 0 Å². The highest BCUT2D eigenvalue weighted by molar-refractivity contribution is 5.82. The Morgan fingerprint density at radius 1 is 1.21 bits per heavy atom. The summed E-state index contributed by atoms with van der Waals surface area (Å²) >= 11 is 0. The minimum atomic E-state index is 0.112. The van der Waals surface area contributed by atoms with E-state index < -0.39 is 0 Å². The quantitative estimate of drug-likeness (QED) is 0.840. The number of ether oxygens (including phenoxy) is 1. The maximum absolute atomic E-state index is 12.5. The maximum atomic E-state index is 12.5. The number of methoxy groups -OCH3 is 1. The van der Waals surface area contributed by atoms with Gasteiger partial charge in [0, 0.05) is 31.4 Å². The number of anilines is 1. The predicted octanol–water partition coefficient (Wildman–Crippen LogP) is 1.90. The SMILES string of the molecule is CCc1cc(N2CCN(Cc3cccc(OC)c3)C(=O)C2)ncn1. The van der Waals surface area contributed by atoms with Gasteiger partial charge in [0.1, 0.15) is 17.9 Å². The molecule has 1 aliphatic rings. The van der Waals surface area contributed by atoms with E-state index >= 15 is 0 Å². The molecule has 6 heteroatoms. The summed E-state index contributed by atoms with van der Waals surface area (Å²) in [6.07, 6.45) is 2.43. The zero-order valence-electron chi connectivity index (χ0n) is 14.1. The van der Waals surface area contributed by atoms with Crippen LogP contribution in [0.25, 0.3) is 0 Å². The van der Waals surface area contributed by atoms with Gasteiger partial charge in [0.15, 0.2) is 0 Å². The lowest BCUT2D eigenvalue weighted by atomic mass is 10.2. The minimum absolute atomic E-state index is 0.112. The van der Waals surface area contributed by atoms with Gasteiger partial charge in [0.2, 0.25) is 5.91 Å². The van der Waals surface area contributed by atoms with Crippen LogP contribution in [-0.2, 0) is 17.8 Å². The molecule has 0 aliphatic carbocycles. The van der Waals surface area contributed by atoms with Crippen molar-refractivity contribution in [1.29, 1.82) is 0 Å². The number of aromatic nitrogens is 2. The van der Waals surface area contributed by atoms with Crippen LogP contribution in [-0.4, -0.2) is 47.5 Å². The van der Waals surface area contributed by atoms with Crippen LogP contribution in [0, 0.1) is 0 Å². The van der Waals surface area contributed by atoms with Crippen LogP contribution < -0.4 is 9.64 Å². The molecule has 1 aromatic carbocycles. The van der Waals surface area contributed by atoms with E-state index in [1.54, 1.807) is 13.4 Å². The fourth-order valence-electron chi connectivity index (χ4n) is 2.81. The molecular weight excluding hydrogens is 304 g/mol. The first kappa shape index (κ1) is 16.2. The molecule has 2 heterocycles. The van der Waals surface area contributed by atoms with Gasteiger partial charge in [-0.15, -0.1) is 0 Å². The molecule has 2 aromatic rings. The Kier molecular flexibility index (Phi) is 4.93. The predicted molar refractivity (Wildman–Crippen MR) is 92.0 cm³/mol. The van der Waals surface area contributed by atoms with E-state index in [2.05, 4.69) is 16.9 Å². The van der Waals surface area contributed by atoms with Gasteiger partial charge in [-0.05, 0) is 24.1 Å². The first-order chi connectivity index (χ1) is 11.7. The van der Waals surface area contributed by atoms with Crippen molar-refractivity contribution in [2.24, 2.45) is 0 Å². The maximum Gasteiger partial charge on any atom is 0.242 e. The van der Waals surface area contributed by atoms with Crippen molar-refractivity contribution in [2.45, 2.75) is 19.9 Å². The van der Waals surface area contributed by atoms with Crippen molar-refractivity contribution < 1.29 is 9.53 Å². The van der Waals surface area contributed by atoms with Crippen LogP contribution in [0.1, 0.15) is 18.2 Å². The van der Waals surface area contributed by atoms with Gasteiger partial charge < -0.3 is 14.5 Å². The second-order valence-corrected chi connectivity index (χ2v) is 5.81. The Morgan fingerprint density at radius 3 is 2.83 bits per heavy atom. The molecule has 1 saturated heterocycles. The van der Waals surface area contributed by atoms with Crippen molar-refractivity contribution in [3.63, 3.8) is 0 Å². The second kappa shape index (κ2) is 7.29. The number of hydrogen-bond acceptors (Lipinski definition) is 5. The number of hydrogen-bond donors (Lipinski definition) is 0. The van der Waals surface area contributed by atoms with Gasteiger partial charge >= 0.3 is 0 Å². The van der Waals surface area contributed by atoms with Gasteiger partial charge in [0.25, 0.3) is 0 Å². The standard InChI is InChI=1S/C18H22N4O2/c1-3-15-10-17(20-13-19-15)21-7-8-22(18(23)12-21)11-14-5-4-6-16(9-14)24-2/h4-6,9-10,13H,3,7-8,11-12H2,1-2H3. The van der Waals surface area contributed by atoms with Crippen molar-refractivity contribution in [3.05, 3.63) is 47.9 Å². The first-order valence-electron chi connectivity index (χ1n) is 8.16. The molecule has 3 rings (SSSR count). The monoisotopic (exact) mass is 326 g/mol. The third-order valence-corrected chi connectivity index (χ3v) is 4.22. The Balaban J connectivity index is 1.65. The number of rotatable bonds is 5. The molecule has 24 heavy (non-hydrogen) atoms. The number of nitrogens with zero attached hydrogens (tertiary/aromatic N) is 4. The van der Waals surface area contributed by atoms with Gasteiger partial charge in [-0.3, -0.25) is 4.79 Å². The zero-order chi connectivity index (χ0) is 16.9. The van der Waals surface area contributed by atoms with Crippen LogP contribution >= 0.6 is 0 Å².